The number of carbonyl (C=O) groups excluding carboxylic acids is 2. The summed E-state index contributed by atoms with van der Waals surface area (Å²) in [6.07, 6.45) is 2.85. The van der Waals surface area contributed by atoms with E-state index in [0.717, 1.165) is 11.8 Å². The zero-order valence-corrected chi connectivity index (χ0v) is 21.1. The number of benzene rings is 1. The molecule has 0 radical (unpaired) electrons. The second-order valence-electron chi connectivity index (χ2n) is 9.07. The molecule has 0 unspecified atom stereocenters. The van der Waals surface area contributed by atoms with Gasteiger partial charge in [-0.05, 0) is 31.5 Å². The Labute approximate surface area is 218 Å². The molecule has 5 rings (SSSR count). The molecule has 0 saturated carbocycles. The zero-order valence-electron chi connectivity index (χ0n) is 21.1. The van der Waals surface area contributed by atoms with Gasteiger partial charge >= 0.3 is 6.03 Å². The molecule has 1 aromatic carbocycles. The van der Waals surface area contributed by atoms with Crippen LogP contribution in [0.5, 0.6) is 5.75 Å². The Morgan fingerprint density at radius 3 is 2.76 bits per heavy atom. The molecule has 2 aliphatic rings. The van der Waals surface area contributed by atoms with Gasteiger partial charge < -0.3 is 15.0 Å². The van der Waals surface area contributed by atoms with Crippen molar-refractivity contribution in [1.82, 2.24) is 30.0 Å². The number of carbonyl (C=O) groups is 2. The number of aryl methyl sites for hydroxylation is 1. The van der Waals surface area contributed by atoms with Crippen LogP contribution in [0.25, 0.3) is 5.82 Å². The number of urea groups is 1. The SMILES string of the molecule is CNC(=O)c1c(C)nn(-c2cc(OC3CN(C(=O)N4N=CC[C@H]4c4cccc(C#N)c4)C3)c(F)cn2)c1C. The first-order valence-electron chi connectivity index (χ1n) is 12.0. The maximum absolute atomic E-state index is 14.6. The molecule has 0 aliphatic carbocycles. The van der Waals surface area contributed by atoms with E-state index < -0.39 is 11.9 Å². The van der Waals surface area contributed by atoms with E-state index in [-0.39, 0.29) is 36.8 Å². The maximum atomic E-state index is 14.6. The van der Waals surface area contributed by atoms with E-state index in [0.29, 0.717) is 34.8 Å². The highest BCUT2D eigenvalue weighted by Crippen LogP contribution is 2.31. The molecule has 38 heavy (non-hydrogen) atoms. The Kier molecular flexibility index (Phi) is 6.50. The van der Waals surface area contributed by atoms with Gasteiger partial charge in [-0.1, -0.05) is 12.1 Å². The first kappa shape index (κ1) is 24.9. The molecule has 2 aliphatic heterocycles. The Bertz CT molecular complexity index is 1490. The van der Waals surface area contributed by atoms with Gasteiger partial charge in [0.2, 0.25) is 0 Å². The quantitative estimate of drug-likeness (QED) is 0.555. The summed E-state index contributed by atoms with van der Waals surface area (Å²) in [5.74, 6) is -0.635. The summed E-state index contributed by atoms with van der Waals surface area (Å²) in [7, 11) is 1.54. The summed E-state index contributed by atoms with van der Waals surface area (Å²) in [4.78, 5) is 31.0. The average molecular weight is 517 g/mol. The third kappa shape index (κ3) is 4.43. The van der Waals surface area contributed by atoms with Gasteiger partial charge in [0.25, 0.3) is 5.91 Å². The highest BCUT2D eigenvalue weighted by molar-refractivity contribution is 5.96. The number of likely N-dealkylation sites (tertiary alicyclic amines) is 1. The molecule has 11 nitrogen and oxygen atoms in total. The van der Waals surface area contributed by atoms with Crippen molar-refractivity contribution in [3.63, 3.8) is 0 Å². The van der Waals surface area contributed by atoms with Crippen molar-refractivity contribution in [2.45, 2.75) is 32.4 Å². The van der Waals surface area contributed by atoms with Gasteiger partial charge in [0.15, 0.2) is 17.4 Å². The number of nitrogens with one attached hydrogen (secondary N) is 1. The average Bonchev–Trinajstić information content (AvgIpc) is 3.50. The number of nitriles is 1. The van der Waals surface area contributed by atoms with Gasteiger partial charge in [-0.2, -0.15) is 15.5 Å². The highest BCUT2D eigenvalue weighted by atomic mass is 19.1. The number of ether oxygens (including phenoxy) is 1. The molecule has 3 aromatic rings. The van der Waals surface area contributed by atoms with Crippen LogP contribution < -0.4 is 10.1 Å². The van der Waals surface area contributed by atoms with Crippen LogP contribution in [0.1, 0.15) is 45.3 Å². The first-order chi connectivity index (χ1) is 18.3. The topological polar surface area (TPSA) is 129 Å². The molecule has 0 spiro atoms. The number of pyridine rings is 1. The smallest absolute Gasteiger partial charge is 0.341 e. The standard InChI is InChI=1S/C26H25FN8O3/c1-15-24(25(36)29-3)16(2)34(32-15)23-10-22(20(27)12-30-23)38-19-13-33(14-19)26(37)35-21(7-8-31-35)18-6-4-5-17(9-18)11-28/h4-6,8-10,12,19,21H,7,13-14H2,1-3H3,(H,29,36)/t21-/m0/s1. The lowest BCUT2D eigenvalue weighted by molar-refractivity contribution is 0.0256. The lowest BCUT2D eigenvalue weighted by atomic mass is 10.0. The zero-order chi connectivity index (χ0) is 27.0. The normalized spacial score (nSPS) is 16.8. The number of hydrogen-bond acceptors (Lipinski definition) is 7. The first-order valence-corrected chi connectivity index (χ1v) is 12.0. The summed E-state index contributed by atoms with van der Waals surface area (Å²) in [5.41, 5.74) is 2.86. The Hall–Kier alpha value is -4.79. The van der Waals surface area contributed by atoms with Gasteiger partial charge in [-0.15, -0.1) is 0 Å². The van der Waals surface area contributed by atoms with Crippen molar-refractivity contribution in [2.24, 2.45) is 5.10 Å². The van der Waals surface area contributed by atoms with Crippen molar-refractivity contribution in [3.05, 3.63) is 70.4 Å². The molecule has 3 amide bonds. The highest BCUT2D eigenvalue weighted by Gasteiger charge is 2.39. The predicted octanol–water partition coefficient (Wildman–Crippen LogP) is 2.87. The molecule has 1 saturated heterocycles. The summed E-state index contributed by atoms with van der Waals surface area (Å²) >= 11 is 0. The van der Waals surface area contributed by atoms with Crippen molar-refractivity contribution in [3.8, 4) is 17.6 Å². The third-order valence-electron chi connectivity index (χ3n) is 6.61. The van der Waals surface area contributed by atoms with Gasteiger partial charge in [0, 0.05) is 25.7 Å². The van der Waals surface area contributed by atoms with Gasteiger partial charge in [0.05, 0.1) is 53.9 Å². The molecule has 0 bridgehead atoms. The fourth-order valence-electron chi connectivity index (χ4n) is 4.62. The Morgan fingerprint density at radius 2 is 2.03 bits per heavy atom. The fraction of sp³-hybridized carbons (Fsp3) is 0.308. The minimum atomic E-state index is -0.645. The molecule has 1 atom stereocenters. The van der Waals surface area contributed by atoms with E-state index in [1.807, 2.05) is 6.07 Å². The monoisotopic (exact) mass is 516 g/mol. The van der Waals surface area contributed by atoms with E-state index in [2.05, 4.69) is 26.6 Å². The minimum Gasteiger partial charge on any atom is -0.483 e. The Balaban J connectivity index is 1.26. The predicted molar refractivity (Wildman–Crippen MR) is 134 cm³/mol. The van der Waals surface area contributed by atoms with Crippen LogP contribution in [0, 0.1) is 31.0 Å². The van der Waals surface area contributed by atoms with Crippen LogP contribution in [0.4, 0.5) is 9.18 Å². The Morgan fingerprint density at radius 1 is 1.24 bits per heavy atom. The molecule has 1 N–H and O–H groups in total. The van der Waals surface area contributed by atoms with E-state index in [9.17, 15) is 19.2 Å². The molecule has 194 valence electrons. The number of halogens is 1. The van der Waals surface area contributed by atoms with Gasteiger partial charge in [-0.25, -0.2) is 23.9 Å². The lowest BCUT2D eigenvalue weighted by Gasteiger charge is -2.41. The molecular formula is C26H25FN8O3. The van der Waals surface area contributed by atoms with Crippen molar-refractivity contribution in [2.75, 3.05) is 20.1 Å². The van der Waals surface area contributed by atoms with Crippen LogP contribution in [-0.2, 0) is 0 Å². The molecular weight excluding hydrogens is 491 g/mol. The van der Waals surface area contributed by atoms with Gasteiger partial charge in [-0.3, -0.25) is 4.79 Å². The van der Waals surface area contributed by atoms with Crippen LogP contribution in [0.15, 0.2) is 41.6 Å². The number of hydrazone groups is 1. The molecule has 1 fully saturated rings. The number of nitrogens with zero attached hydrogens (tertiary/aromatic N) is 7. The minimum absolute atomic E-state index is 0.0217. The summed E-state index contributed by atoms with van der Waals surface area (Å²) in [6.45, 7) is 3.96. The number of rotatable bonds is 5. The summed E-state index contributed by atoms with van der Waals surface area (Å²) < 4.78 is 21.9. The van der Waals surface area contributed by atoms with Crippen LogP contribution in [-0.4, -0.2) is 69.1 Å². The molecule has 2 aromatic heterocycles. The number of aromatic nitrogens is 3. The van der Waals surface area contributed by atoms with Crippen LogP contribution >= 0.6 is 0 Å². The van der Waals surface area contributed by atoms with Crippen LogP contribution in [0.2, 0.25) is 0 Å². The lowest BCUT2D eigenvalue weighted by Crippen LogP contribution is -2.58. The van der Waals surface area contributed by atoms with Crippen molar-refractivity contribution < 1.29 is 18.7 Å². The van der Waals surface area contributed by atoms with Crippen molar-refractivity contribution >= 4 is 18.2 Å². The van der Waals surface area contributed by atoms with E-state index in [1.54, 1.807) is 43.2 Å². The van der Waals surface area contributed by atoms with E-state index in [1.165, 1.54) is 22.8 Å². The second kappa shape index (κ2) is 9.93. The number of amides is 3. The fourth-order valence-corrected chi connectivity index (χ4v) is 4.62. The second-order valence-corrected chi connectivity index (χ2v) is 9.07. The van der Waals surface area contributed by atoms with Gasteiger partial charge in [0.1, 0.15) is 6.10 Å². The van der Waals surface area contributed by atoms with Crippen LogP contribution in [0.3, 0.4) is 0 Å². The summed E-state index contributed by atoms with van der Waals surface area (Å²) in [6, 6.07) is 10.1. The van der Waals surface area contributed by atoms with E-state index >= 15 is 0 Å². The maximum Gasteiger partial charge on any atom is 0.341 e. The van der Waals surface area contributed by atoms with E-state index in [4.69, 9.17) is 4.74 Å². The largest absolute Gasteiger partial charge is 0.483 e. The summed E-state index contributed by atoms with van der Waals surface area (Å²) in [5, 5.41) is 21.8. The molecule has 12 heteroatoms. The third-order valence-corrected chi connectivity index (χ3v) is 6.61. The van der Waals surface area contributed by atoms with Crippen molar-refractivity contribution in [1.29, 1.82) is 5.26 Å². The number of hydrogen-bond donors (Lipinski definition) is 1. The molecule has 4 heterocycles.